The lowest BCUT2D eigenvalue weighted by Gasteiger charge is -2.29. The van der Waals surface area contributed by atoms with Gasteiger partial charge in [-0.2, -0.15) is 0 Å². The minimum Gasteiger partial charge on any atom is -0.486 e. The average Bonchev–Trinajstić information content (AvgIpc) is 2.70. The number of carbonyl (C=O) groups is 2. The molecular weight excluding hydrogens is 394 g/mol. The van der Waals surface area contributed by atoms with E-state index in [2.05, 4.69) is 5.32 Å². The molecule has 1 aliphatic heterocycles. The lowest BCUT2D eigenvalue weighted by Crippen LogP contribution is -3.11. The van der Waals surface area contributed by atoms with Crippen molar-refractivity contribution in [2.45, 2.75) is 26.9 Å². The Labute approximate surface area is 183 Å². The smallest absolute Gasteiger partial charge is 0.279 e. The third kappa shape index (κ3) is 5.98. The molecule has 3 rings (SSSR count). The van der Waals surface area contributed by atoms with Gasteiger partial charge in [-0.1, -0.05) is 29.8 Å². The highest BCUT2D eigenvalue weighted by Gasteiger charge is 2.25. The van der Waals surface area contributed by atoms with Gasteiger partial charge in [-0.05, 0) is 44.0 Å². The quantitative estimate of drug-likeness (QED) is 0.702. The zero-order chi connectivity index (χ0) is 22.5. The molecule has 2 N–H and O–H groups in total. The fourth-order valence-corrected chi connectivity index (χ4v) is 3.85. The molecular formula is C24H32N3O4+. The molecule has 7 heteroatoms. The van der Waals surface area contributed by atoms with Crippen LogP contribution in [0.1, 0.15) is 16.7 Å². The lowest BCUT2D eigenvalue weighted by atomic mass is 10.1. The summed E-state index contributed by atoms with van der Waals surface area (Å²) in [6.45, 7) is 7.27. The third-order valence-electron chi connectivity index (χ3n) is 5.33. The molecule has 0 aromatic heterocycles. The standard InChI is InChI=1S/C24H31N3O4/c1-16-10-17(2)24(18(3)11-16)25-22(28)13-26(4)14-23(29)27(5)12-19-15-30-20-8-6-7-9-21(20)31-19/h6-11,19H,12-15H2,1-5H3,(H,25,28)/p+1/t19-/m0/s1. The predicted octanol–water partition coefficient (Wildman–Crippen LogP) is 1.36. The Kier molecular flexibility index (Phi) is 7.17. The number of para-hydroxylation sites is 2. The molecule has 0 fully saturated rings. The predicted molar refractivity (Wildman–Crippen MR) is 120 cm³/mol. The van der Waals surface area contributed by atoms with Crippen LogP contribution < -0.4 is 19.7 Å². The summed E-state index contributed by atoms with van der Waals surface area (Å²) in [4.78, 5) is 27.6. The number of rotatable bonds is 7. The largest absolute Gasteiger partial charge is 0.486 e. The zero-order valence-corrected chi connectivity index (χ0v) is 19.0. The summed E-state index contributed by atoms with van der Waals surface area (Å²) in [7, 11) is 3.59. The highest BCUT2D eigenvalue weighted by molar-refractivity contribution is 5.93. The first-order valence-electron chi connectivity index (χ1n) is 10.5. The van der Waals surface area contributed by atoms with Gasteiger partial charge in [0, 0.05) is 12.7 Å². The van der Waals surface area contributed by atoms with E-state index in [0.717, 1.165) is 27.5 Å². The normalized spacial score (nSPS) is 15.8. The molecule has 0 radical (unpaired) electrons. The van der Waals surface area contributed by atoms with Crippen molar-refractivity contribution in [1.82, 2.24) is 4.90 Å². The number of hydrogen-bond donors (Lipinski definition) is 2. The van der Waals surface area contributed by atoms with E-state index in [1.54, 1.807) is 11.9 Å². The number of hydrogen-bond acceptors (Lipinski definition) is 4. The van der Waals surface area contributed by atoms with Crippen LogP contribution in [0, 0.1) is 20.8 Å². The van der Waals surface area contributed by atoms with Crippen LogP contribution in [0.25, 0.3) is 0 Å². The van der Waals surface area contributed by atoms with Crippen LogP contribution in [0.4, 0.5) is 5.69 Å². The molecule has 0 saturated heterocycles. The first-order chi connectivity index (χ1) is 14.7. The van der Waals surface area contributed by atoms with E-state index in [9.17, 15) is 9.59 Å². The van der Waals surface area contributed by atoms with Gasteiger partial charge in [-0.3, -0.25) is 9.59 Å². The number of fused-ring (bicyclic) bond motifs is 1. The molecule has 31 heavy (non-hydrogen) atoms. The summed E-state index contributed by atoms with van der Waals surface area (Å²) < 4.78 is 11.6. The summed E-state index contributed by atoms with van der Waals surface area (Å²) in [5, 5.41) is 2.99. The van der Waals surface area contributed by atoms with Gasteiger partial charge < -0.3 is 24.6 Å². The van der Waals surface area contributed by atoms with Gasteiger partial charge in [0.2, 0.25) is 0 Å². The van der Waals surface area contributed by atoms with Crippen LogP contribution >= 0.6 is 0 Å². The number of nitrogens with one attached hydrogen (secondary N) is 2. The Balaban J connectivity index is 1.47. The fraction of sp³-hybridized carbons (Fsp3) is 0.417. The number of quaternary nitrogens is 1. The lowest BCUT2D eigenvalue weighted by molar-refractivity contribution is -0.862. The molecule has 1 aliphatic rings. The van der Waals surface area contributed by atoms with Gasteiger partial charge in [0.05, 0.1) is 13.6 Å². The number of benzene rings is 2. The van der Waals surface area contributed by atoms with E-state index in [0.29, 0.717) is 18.9 Å². The second-order valence-electron chi connectivity index (χ2n) is 8.40. The van der Waals surface area contributed by atoms with Crippen molar-refractivity contribution in [2.75, 3.05) is 45.7 Å². The summed E-state index contributed by atoms with van der Waals surface area (Å²) >= 11 is 0. The number of ether oxygens (including phenoxy) is 2. The SMILES string of the molecule is Cc1cc(C)c(NC(=O)C[NH+](C)CC(=O)N(C)C[C@H]2COc3ccccc3O2)c(C)c1. The number of anilines is 1. The maximum Gasteiger partial charge on any atom is 0.279 e. The van der Waals surface area contributed by atoms with Gasteiger partial charge in [0.15, 0.2) is 30.7 Å². The second-order valence-corrected chi connectivity index (χ2v) is 8.40. The van der Waals surface area contributed by atoms with Gasteiger partial charge in [0.1, 0.15) is 6.61 Å². The van der Waals surface area contributed by atoms with Crippen molar-refractivity contribution in [3.63, 3.8) is 0 Å². The van der Waals surface area contributed by atoms with Crippen LogP contribution in [0.15, 0.2) is 36.4 Å². The number of likely N-dealkylation sites (N-methyl/N-ethyl adjacent to an activating group) is 2. The van der Waals surface area contributed by atoms with E-state index >= 15 is 0 Å². The molecule has 2 aromatic carbocycles. The summed E-state index contributed by atoms with van der Waals surface area (Å²) in [5.74, 6) is 1.27. The average molecular weight is 427 g/mol. The molecule has 2 atom stereocenters. The van der Waals surface area contributed by atoms with Crippen LogP contribution in [0.2, 0.25) is 0 Å². The van der Waals surface area contributed by atoms with Crippen molar-refractivity contribution in [1.29, 1.82) is 0 Å². The van der Waals surface area contributed by atoms with Gasteiger partial charge in [-0.15, -0.1) is 0 Å². The van der Waals surface area contributed by atoms with Crippen LogP contribution in [-0.2, 0) is 9.59 Å². The number of aryl methyl sites for hydroxylation is 3. The van der Waals surface area contributed by atoms with Gasteiger partial charge in [-0.25, -0.2) is 0 Å². The van der Waals surface area contributed by atoms with E-state index in [4.69, 9.17) is 9.47 Å². The maximum atomic E-state index is 12.6. The van der Waals surface area contributed by atoms with E-state index < -0.39 is 0 Å². The monoisotopic (exact) mass is 426 g/mol. The van der Waals surface area contributed by atoms with E-state index in [1.165, 1.54) is 5.56 Å². The topological polar surface area (TPSA) is 72.3 Å². The molecule has 7 nitrogen and oxygen atoms in total. The van der Waals surface area contributed by atoms with E-state index in [-0.39, 0.29) is 31.0 Å². The number of nitrogens with zero attached hydrogens (tertiary/aromatic N) is 1. The second kappa shape index (κ2) is 9.83. The van der Waals surface area contributed by atoms with Gasteiger partial charge >= 0.3 is 0 Å². The first kappa shape index (κ1) is 22.6. The number of amides is 2. The highest BCUT2D eigenvalue weighted by Crippen LogP contribution is 2.30. The fourth-order valence-electron chi connectivity index (χ4n) is 3.85. The van der Waals surface area contributed by atoms with Crippen LogP contribution in [-0.4, -0.2) is 63.2 Å². The molecule has 1 heterocycles. The van der Waals surface area contributed by atoms with Gasteiger partial charge in [0.25, 0.3) is 11.8 Å². The molecule has 0 spiro atoms. The minimum atomic E-state index is -0.222. The third-order valence-corrected chi connectivity index (χ3v) is 5.33. The summed E-state index contributed by atoms with van der Waals surface area (Å²) in [5.41, 5.74) is 4.09. The molecule has 2 amide bonds. The Bertz CT molecular complexity index is 937. The molecule has 1 unspecified atom stereocenters. The highest BCUT2D eigenvalue weighted by atomic mass is 16.6. The van der Waals surface area contributed by atoms with Crippen LogP contribution in [0.5, 0.6) is 11.5 Å². The van der Waals surface area contributed by atoms with Crippen molar-refractivity contribution < 1.29 is 24.0 Å². The Hall–Kier alpha value is -3.06. The molecule has 166 valence electrons. The van der Waals surface area contributed by atoms with Crippen molar-refractivity contribution in [3.8, 4) is 11.5 Å². The summed E-state index contributed by atoms with van der Waals surface area (Å²) in [6, 6.07) is 11.6. The number of carbonyl (C=O) groups excluding carboxylic acids is 2. The van der Waals surface area contributed by atoms with Crippen molar-refractivity contribution in [2.24, 2.45) is 0 Å². The zero-order valence-electron chi connectivity index (χ0n) is 19.0. The van der Waals surface area contributed by atoms with Crippen molar-refractivity contribution >= 4 is 17.5 Å². The Morgan fingerprint density at radius 3 is 2.42 bits per heavy atom. The first-order valence-corrected chi connectivity index (χ1v) is 10.5. The molecule has 0 saturated carbocycles. The maximum absolute atomic E-state index is 12.6. The summed E-state index contributed by atoms with van der Waals surface area (Å²) in [6.07, 6.45) is -0.222. The minimum absolute atomic E-state index is 0.0459. The Morgan fingerprint density at radius 1 is 1.10 bits per heavy atom. The van der Waals surface area contributed by atoms with Crippen molar-refractivity contribution in [3.05, 3.63) is 53.1 Å². The van der Waals surface area contributed by atoms with E-state index in [1.807, 2.05) is 64.2 Å². The molecule has 2 aromatic rings. The molecule has 0 aliphatic carbocycles. The van der Waals surface area contributed by atoms with Crippen LogP contribution in [0.3, 0.4) is 0 Å². The molecule has 0 bridgehead atoms. The Morgan fingerprint density at radius 2 is 1.74 bits per heavy atom.